The molecule has 44 heavy (non-hydrogen) atoms. The molecule has 0 spiro atoms. The molecule has 2 fully saturated rings. The molecule has 1 atom stereocenters. The van der Waals surface area contributed by atoms with E-state index in [9.17, 15) is 28.2 Å². The van der Waals surface area contributed by atoms with Crippen LogP contribution in [0, 0.1) is 34.7 Å². The molecule has 2 aliphatic heterocycles. The average molecular weight is 612 g/mol. The van der Waals surface area contributed by atoms with Gasteiger partial charge in [0, 0.05) is 50.4 Å². The lowest BCUT2D eigenvalue weighted by Crippen LogP contribution is -2.44. The van der Waals surface area contributed by atoms with Gasteiger partial charge >= 0.3 is 5.97 Å². The molecule has 3 aromatic rings. The third-order valence-electron chi connectivity index (χ3n) is 8.71. The van der Waals surface area contributed by atoms with Gasteiger partial charge in [-0.3, -0.25) is 19.6 Å². The minimum atomic E-state index is -1.30. The van der Waals surface area contributed by atoms with Gasteiger partial charge in [-0.25, -0.2) is 13.2 Å². The first-order valence-corrected chi connectivity index (χ1v) is 14.7. The quantitative estimate of drug-likeness (QED) is 0.270. The Hall–Kier alpha value is -3.69. The number of rotatable bonds is 9. The molecule has 3 heterocycles. The van der Waals surface area contributed by atoms with Gasteiger partial charge < -0.3 is 19.7 Å². The summed E-state index contributed by atoms with van der Waals surface area (Å²) < 4.78 is 51.8. The zero-order chi connectivity index (χ0) is 31.3. The highest BCUT2D eigenvalue weighted by molar-refractivity contribution is 5.85. The Morgan fingerprint density at radius 1 is 1.11 bits per heavy atom. The number of hydrogen-bond donors (Lipinski definition) is 2. The number of benzene rings is 2. The lowest BCUT2D eigenvalue weighted by atomic mass is 9.73. The predicted octanol–water partition coefficient (Wildman–Crippen LogP) is 4.53. The van der Waals surface area contributed by atoms with Gasteiger partial charge in [-0.1, -0.05) is 11.8 Å². The lowest BCUT2D eigenvalue weighted by molar-refractivity contribution is -0.153. The maximum Gasteiger partial charge on any atom is 0.309 e. The van der Waals surface area contributed by atoms with E-state index in [-0.39, 0.29) is 24.9 Å². The Morgan fingerprint density at radius 3 is 2.57 bits per heavy atom. The Bertz CT molecular complexity index is 1560. The van der Waals surface area contributed by atoms with Crippen LogP contribution in [0.25, 0.3) is 10.9 Å². The summed E-state index contributed by atoms with van der Waals surface area (Å²) in [6, 6.07) is 6.83. The monoisotopic (exact) mass is 611 g/mol. The van der Waals surface area contributed by atoms with Gasteiger partial charge in [0.2, 0.25) is 0 Å². The zero-order valence-electron chi connectivity index (χ0n) is 24.6. The minimum Gasteiger partial charge on any atom is -0.497 e. The molecule has 2 aliphatic rings. The van der Waals surface area contributed by atoms with Gasteiger partial charge in [0.25, 0.3) is 0 Å². The van der Waals surface area contributed by atoms with E-state index in [0.717, 1.165) is 35.7 Å². The summed E-state index contributed by atoms with van der Waals surface area (Å²) in [6.07, 6.45) is 2.05. The Balaban J connectivity index is 1.29. The van der Waals surface area contributed by atoms with E-state index in [1.54, 1.807) is 13.3 Å². The standard InChI is InChI=1S/C33H36F3N3O5/c1-43-25-4-5-28-26(19-25)30(23(20-37-28)21-39-13-15-44-16-14-39)29(40)6-7-33(32(41)42)8-11-38(12-9-33)10-2-3-22-17-24(34)18-27(35)31(22)36/h4-5,17-20,29,40H,6-16,21H2,1H3,(H,41,42)/t29-/m1/s1. The molecule has 11 heteroatoms. The predicted molar refractivity (Wildman–Crippen MR) is 158 cm³/mol. The number of aliphatic hydroxyl groups excluding tert-OH is 1. The highest BCUT2D eigenvalue weighted by atomic mass is 19.2. The largest absolute Gasteiger partial charge is 0.497 e. The zero-order valence-corrected chi connectivity index (χ0v) is 24.6. The Kier molecular flexibility index (Phi) is 10.1. The van der Waals surface area contributed by atoms with E-state index in [2.05, 4.69) is 21.7 Å². The van der Waals surface area contributed by atoms with E-state index < -0.39 is 34.9 Å². The van der Waals surface area contributed by atoms with Gasteiger partial charge in [0.15, 0.2) is 11.6 Å². The number of aliphatic carboxylic acids is 1. The number of hydrogen-bond acceptors (Lipinski definition) is 7. The van der Waals surface area contributed by atoms with Crippen molar-refractivity contribution in [2.75, 3.05) is 53.0 Å². The van der Waals surface area contributed by atoms with Crippen molar-refractivity contribution in [1.29, 1.82) is 0 Å². The number of methoxy groups -OCH3 is 1. The third-order valence-corrected chi connectivity index (χ3v) is 8.71. The second kappa shape index (κ2) is 13.9. The van der Waals surface area contributed by atoms with Crippen LogP contribution in [0.1, 0.15) is 48.5 Å². The first-order valence-electron chi connectivity index (χ1n) is 14.7. The number of aliphatic hydroxyl groups is 1. The second-order valence-electron chi connectivity index (χ2n) is 11.4. The van der Waals surface area contributed by atoms with Gasteiger partial charge in [-0.2, -0.15) is 0 Å². The molecule has 0 radical (unpaired) electrons. The van der Waals surface area contributed by atoms with Crippen molar-refractivity contribution in [2.45, 2.75) is 38.3 Å². The first-order chi connectivity index (χ1) is 21.2. The van der Waals surface area contributed by atoms with Crippen molar-refractivity contribution in [3.05, 3.63) is 70.7 Å². The fraction of sp³-hybridized carbons (Fsp3) is 0.455. The molecular formula is C33H36F3N3O5. The number of ether oxygens (including phenoxy) is 2. The van der Waals surface area contributed by atoms with Crippen molar-refractivity contribution in [2.24, 2.45) is 5.41 Å². The van der Waals surface area contributed by atoms with Crippen LogP contribution in [0.3, 0.4) is 0 Å². The molecule has 2 N–H and O–H groups in total. The van der Waals surface area contributed by atoms with Gasteiger partial charge in [-0.05, 0) is 61.1 Å². The molecule has 0 amide bonds. The number of aromatic nitrogens is 1. The van der Waals surface area contributed by atoms with Crippen molar-refractivity contribution in [3.63, 3.8) is 0 Å². The summed E-state index contributed by atoms with van der Waals surface area (Å²) in [5.74, 6) is 1.54. The molecule has 0 aliphatic carbocycles. The van der Waals surface area contributed by atoms with Gasteiger partial charge in [-0.15, -0.1) is 0 Å². The van der Waals surface area contributed by atoms with Crippen molar-refractivity contribution >= 4 is 16.9 Å². The topological polar surface area (TPSA) is 95.4 Å². The Labute approximate surface area is 254 Å². The molecule has 5 rings (SSSR count). The summed E-state index contributed by atoms with van der Waals surface area (Å²) in [5, 5.41) is 22.7. The summed E-state index contributed by atoms with van der Waals surface area (Å²) >= 11 is 0. The molecule has 0 saturated carbocycles. The maximum atomic E-state index is 13.9. The van der Waals surface area contributed by atoms with Crippen molar-refractivity contribution < 1.29 is 37.7 Å². The minimum absolute atomic E-state index is 0.200. The van der Waals surface area contributed by atoms with E-state index in [1.807, 2.05) is 23.1 Å². The lowest BCUT2D eigenvalue weighted by Gasteiger charge is -2.38. The maximum absolute atomic E-state index is 13.9. The van der Waals surface area contributed by atoms with E-state index in [4.69, 9.17) is 9.47 Å². The summed E-state index contributed by atoms with van der Waals surface area (Å²) in [5.41, 5.74) is 0.937. The number of pyridine rings is 1. The third kappa shape index (κ3) is 7.16. The van der Waals surface area contributed by atoms with Crippen molar-refractivity contribution in [3.8, 4) is 17.6 Å². The highest BCUT2D eigenvalue weighted by Crippen LogP contribution is 2.40. The fourth-order valence-electron chi connectivity index (χ4n) is 6.04. The normalized spacial score (nSPS) is 18.0. The number of morpholine rings is 1. The molecule has 234 valence electrons. The van der Waals surface area contributed by atoms with Crippen LogP contribution in [-0.4, -0.2) is 84.0 Å². The number of carbonyl (C=O) groups is 1. The van der Waals surface area contributed by atoms with E-state index in [1.165, 1.54) is 0 Å². The molecule has 8 nitrogen and oxygen atoms in total. The smallest absolute Gasteiger partial charge is 0.309 e. The first kappa shape index (κ1) is 31.7. The van der Waals surface area contributed by atoms with Crippen molar-refractivity contribution in [1.82, 2.24) is 14.8 Å². The SMILES string of the molecule is COc1ccc2ncc(CN3CCOCC3)c([C@H](O)CCC3(C(=O)O)CCN(CC#Cc4cc(F)cc(F)c4F)CC3)c2c1. The number of carboxylic acids is 1. The summed E-state index contributed by atoms with van der Waals surface area (Å²) in [6.45, 7) is 4.44. The molecular weight excluding hydrogens is 575 g/mol. The second-order valence-corrected chi connectivity index (χ2v) is 11.4. The molecule has 0 unspecified atom stereocenters. The van der Waals surface area contributed by atoms with E-state index in [0.29, 0.717) is 63.0 Å². The van der Waals surface area contributed by atoms with Crippen LogP contribution in [0.5, 0.6) is 5.75 Å². The Morgan fingerprint density at radius 2 is 1.86 bits per heavy atom. The average Bonchev–Trinajstić information content (AvgIpc) is 3.02. The highest BCUT2D eigenvalue weighted by Gasteiger charge is 2.41. The number of likely N-dealkylation sites (tertiary alicyclic amines) is 1. The van der Waals surface area contributed by atoms with Crippen LogP contribution < -0.4 is 4.74 Å². The van der Waals surface area contributed by atoms with Crippen LogP contribution in [0.15, 0.2) is 36.5 Å². The van der Waals surface area contributed by atoms with E-state index >= 15 is 0 Å². The van der Waals surface area contributed by atoms with Gasteiger partial charge in [0.1, 0.15) is 11.6 Å². The summed E-state index contributed by atoms with van der Waals surface area (Å²) in [7, 11) is 1.58. The number of halogens is 3. The number of fused-ring (bicyclic) bond motifs is 1. The number of piperidine rings is 1. The van der Waals surface area contributed by atoms with Crippen LogP contribution >= 0.6 is 0 Å². The molecule has 0 bridgehead atoms. The molecule has 2 aromatic carbocycles. The van der Waals surface area contributed by atoms with Crippen LogP contribution in [-0.2, 0) is 16.1 Å². The number of carboxylic acid groups (broad SMARTS) is 1. The molecule has 1 aromatic heterocycles. The number of nitrogens with zero attached hydrogens (tertiary/aromatic N) is 3. The molecule has 2 saturated heterocycles. The van der Waals surface area contributed by atoms with Gasteiger partial charge in [0.05, 0.1) is 49.5 Å². The van der Waals surface area contributed by atoms with Crippen LogP contribution in [0.4, 0.5) is 13.2 Å². The fourth-order valence-corrected chi connectivity index (χ4v) is 6.04. The summed E-state index contributed by atoms with van der Waals surface area (Å²) in [4.78, 5) is 21.4. The van der Waals surface area contributed by atoms with Crippen LogP contribution in [0.2, 0.25) is 0 Å².